The highest BCUT2D eigenvalue weighted by Gasteiger charge is 2.10. The molecule has 1 heterocycles. The predicted octanol–water partition coefficient (Wildman–Crippen LogP) is 1.76. The summed E-state index contributed by atoms with van der Waals surface area (Å²) in [6, 6.07) is 6.60. The molecule has 0 radical (unpaired) electrons. The van der Waals surface area contributed by atoms with Gasteiger partial charge in [0.2, 0.25) is 5.82 Å². The topological polar surface area (TPSA) is 75.3 Å². The summed E-state index contributed by atoms with van der Waals surface area (Å²) in [6.07, 6.45) is 3.06. The van der Waals surface area contributed by atoms with Crippen molar-refractivity contribution in [3.8, 4) is 5.75 Å². The highest BCUT2D eigenvalue weighted by molar-refractivity contribution is 5.85. The molecule has 0 spiro atoms. The molecule has 5 nitrogen and oxygen atoms in total. The van der Waals surface area contributed by atoms with Crippen LogP contribution in [0, 0.1) is 0 Å². The molecular weight excluding hydrogens is 244 g/mol. The van der Waals surface area contributed by atoms with Crippen molar-refractivity contribution in [2.75, 3.05) is 0 Å². The molecule has 0 bridgehead atoms. The molecule has 1 aromatic heterocycles. The van der Waals surface area contributed by atoms with Crippen LogP contribution in [-0.2, 0) is 6.54 Å². The van der Waals surface area contributed by atoms with E-state index in [1.165, 1.54) is 10.8 Å². The van der Waals surface area contributed by atoms with Gasteiger partial charge >= 0.3 is 5.97 Å². The number of aromatic carboxylic acids is 1. The van der Waals surface area contributed by atoms with E-state index in [-0.39, 0.29) is 24.0 Å². The largest absolute Gasteiger partial charge is 0.508 e. The van der Waals surface area contributed by atoms with Crippen LogP contribution in [0.3, 0.4) is 0 Å². The summed E-state index contributed by atoms with van der Waals surface area (Å²) in [7, 11) is 0. The van der Waals surface area contributed by atoms with Gasteiger partial charge in [-0.15, -0.1) is 12.4 Å². The molecule has 2 rings (SSSR count). The second-order valence-corrected chi connectivity index (χ2v) is 3.35. The number of benzene rings is 1. The van der Waals surface area contributed by atoms with Crippen LogP contribution in [0.5, 0.6) is 5.75 Å². The first-order valence-corrected chi connectivity index (χ1v) is 4.69. The minimum absolute atomic E-state index is 0. The van der Waals surface area contributed by atoms with Crippen molar-refractivity contribution in [1.82, 2.24) is 9.55 Å². The molecule has 0 saturated heterocycles. The number of hydrogen-bond donors (Lipinski definition) is 2. The Bertz CT molecular complexity index is 508. The Kier molecular flexibility index (Phi) is 4.12. The fraction of sp³-hybridized carbons (Fsp3) is 0.0909. The number of imidazole rings is 1. The summed E-state index contributed by atoms with van der Waals surface area (Å²) >= 11 is 0. The molecule has 0 fully saturated rings. The highest BCUT2D eigenvalue weighted by Crippen LogP contribution is 2.11. The van der Waals surface area contributed by atoms with Gasteiger partial charge in [0, 0.05) is 18.9 Å². The van der Waals surface area contributed by atoms with Gasteiger partial charge in [-0.2, -0.15) is 0 Å². The minimum Gasteiger partial charge on any atom is -0.508 e. The van der Waals surface area contributed by atoms with E-state index in [2.05, 4.69) is 4.98 Å². The summed E-state index contributed by atoms with van der Waals surface area (Å²) in [6.45, 7) is 0.419. The van der Waals surface area contributed by atoms with E-state index in [0.29, 0.717) is 6.54 Å². The first kappa shape index (κ1) is 13.1. The fourth-order valence-corrected chi connectivity index (χ4v) is 1.43. The number of nitrogens with zero attached hydrogens (tertiary/aromatic N) is 2. The first-order chi connectivity index (χ1) is 7.66. The van der Waals surface area contributed by atoms with Gasteiger partial charge in [0.05, 0.1) is 0 Å². The summed E-state index contributed by atoms with van der Waals surface area (Å²) < 4.78 is 1.54. The van der Waals surface area contributed by atoms with Crippen LogP contribution in [0.2, 0.25) is 0 Å². The lowest BCUT2D eigenvalue weighted by molar-refractivity contribution is 0.0679. The average molecular weight is 255 g/mol. The Morgan fingerprint density at radius 3 is 2.53 bits per heavy atom. The summed E-state index contributed by atoms with van der Waals surface area (Å²) in [4.78, 5) is 14.5. The maximum atomic E-state index is 10.8. The monoisotopic (exact) mass is 254 g/mol. The van der Waals surface area contributed by atoms with Gasteiger partial charge in [-0.3, -0.25) is 0 Å². The molecule has 1 aromatic carbocycles. The maximum Gasteiger partial charge on any atom is 0.372 e. The average Bonchev–Trinajstić information content (AvgIpc) is 2.69. The summed E-state index contributed by atoms with van der Waals surface area (Å²) in [5.41, 5.74) is 0.901. The van der Waals surface area contributed by atoms with Crippen molar-refractivity contribution in [1.29, 1.82) is 0 Å². The number of phenols is 1. The quantitative estimate of drug-likeness (QED) is 0.875. The van der Waals surface area contributed by atoms with Crippen molar-refractivity contribution in [3.63, 3.8) is 0 Å². The van der Waals surface area contributed by atoms with E-state index >= 15 is 0 Å². The van der Waals surface area contributed by atoms with Gasteiger partial charge < -0.3 is 14.8 Å². The lowest BCUT2D eigenvalue weighted by atomic mass is 10.2. The zero-order valence-corrected chi connectivity index (χ0v) is 9.59. The van der Waals surface area contributed by atoms with Crippen LogP contribution in [0.15, 0.2) is 36.7 Å². The van der Waals surface area contributed by atoms with Crippen LogP contribution in [0.1, 0.15) is 16.2 Å². The van der Waals surface area contributed by atoms with Crippen LogP contribution in [0.25, 0.3) is 0 Å². The molecule has 0 unspecified atom stereocenters. The molecule has 0 atom stereocenters. The van der Waals surface area contributed by atoms with E-state index in [4.69, 9.17) is 10.2 Å². The fourth-order valence-electron chi connectivity index (χ4n) is 1.43. The van der Waals surface area contributed by atoms with Crippen LogP contribution in [-0.4, -0.2) is 25.7 Å². The van der Waals surface area contributed by atoms with Crippen molar-refractivity contribution in [2.24, 2.45) is 0 Å². The minimum atomic E-state index is -1.05. The van der Waals surface area contributed by atoms with E-state index < -0.39 is 5.97 Å². The van der Waals surface area contributed by atoms with Crippen molar-refractivity contribution in [3.05, 3.63) is 48.0 Å². The number of hydrogen-bond acceptors (Lipinski definition) is 3. The summed E-state index contributed by atoms with van der Waals surface area (Å²) in [5, 5.41) is 18.0. The van der Waals surface area contributed by atoms with E-state index in [1.807, 2.05) is 0 Å². The first-order valence-electron chi connectivity index (χ1n) is 4.69. The molecule has 90 valence electrons. The Labute approximate surface area is 104 Å². The van der Waals surface area contributed by atoms with E-state index in [0.717, 1.165) is 5.56 Å². The van der Waals surface area contributed by atoms with E-state index in [1.54, 1.807) is 30.5 Å². The number of carbonyl (C=O) groups is 1. The third kappa shape index (κ3) is 2.98. The SMILES string of the molecule is Cl.O=C(O)c1nccn1Cc1ccc(O)cc1. The lowest BCUT2D eigenvalue weighted by Gasteiger charge is -2.05. The van der Waals surface area contributed by atoms with Gasteiger partial charge in [0.15, 0.2) is 0 Å². The van der Waals surface area contributed by atoms with Gasteiger partial charge in [-0.25, -0.2) is 9.78 Å². The Balaban J connectivity index is 0.00000144. The molecule has 0 aliphatic rings. The Hall–Kier alpha value is -2.01. The number of rotatable bonds is 3. The molecule has 6 heteroatoms. The predicted molar refractivity (Wildman–Crippen MR) is 63.6 cm³/mol. The van der Waals surface area contributed by atoms with Crippen molar-refractivity contribution in [2.45, 2.75) is 6.54 Å². The molecule has 0 aliphatic carbocycles. The third-order valence-corrected chi connectivity index (χ3v) is 2.20. The smallest absolute Gasteiger partial charge is 0.372 e. The van der Waals surface area contributed by atoms with E-state index in [9.17, 15) is 4.79 Å². The number of carboxylic acids is 1. The number of aromatic hydroxyl groups is 1. The standard InChI is InChI=1S/C11H10N2O3.ClH/c14-9-3-1-8(2-4-9)7-13-6-5-12-10(13)11(15)16;/h1-6,14H,7H2,(H,15,16);1H. The summed E-state index contributed by atoms with van der Waals surface area (Å²) in [5.74, 6) is -0.857. The van der Waals surface area contributed by atoms with Gasteiger partial charge in [0.25, 0.3) is 0 Å². The Morgan fingerprint density at radius 1 is 1.29 bits per heavy atom. The molecule has 0 saturated carbocycles. The van der Waals surface area contributed by atoms with Crippen molar-refractivity contribution >= 4 is 18.4 Å². The third-order valence-electron chi connectivity index (χ3n) is 2.20. The molecule has 0 aliphatic heterocycles. The number of aromatic nitrogens is 2. The molecule has 2 aromatic rings. The van der Waals surface area contributed by atoms with Crippen molar-refractivity contribution < 1.29 is 15.0 Å². The number of halogens is 1. The zero-order valence-electron chi connectivity index (χ0n) is 8.78. The van der Waals surface area contributed by atoms with Gasteiger partial charge in [-0.1, -0.05) is 12.1 Å². The van der Waals surface area contributed by atoms with Gasteiger partial charge in [-0.05, 0) is 17.7 Å². The normalized spacial score (nSPS) is 9.65. The number of phenolic OH excluding ortho intramolecular Hbond substituents is 1. The zero-order chi connectivity index (χ0) is 11.5. The van der Waals surface area contributed by atoms with Crippen LogP contribution in [0.4, 0.5) is 0 Å². The molecular formula is C11H11ClN2O3. The van der Waals surface area contributed by atoms with Gasteiger partial charge in [0.1, 0.15) is 5.75 Å². The highest BCUT2D eigenvalue weighted by atomic mass is 35.5. The lowest BCUT2D eigenvalue weighted by Crippen LogP contribution is -2.09. The Morgan fingerprint density at radius 2 is 1.94 bits per heavy atom. The number of carboxylic acid groups (broad SMARTS) is 1. The molecule has 2 N–H and O–H groups in total. The van der Waals surface area contributed by atoms with Crippen LogP contribution < -0.4 is 0 Å². The second-order valence-electron chi connectivity index (χ2n) is 3.35. The second kappa shape index (κ2) is 5.36. The van der Waals surface area contributed by atoms with Crippen LogP contribution >= 0.6 is 12.4 Å². The maximum absolute atomic E-state index is 10.8. The molecule has 17 heavy (non-hydrogen) atoms. The molecule has 0 amide bonds.